The van der Waals surface area contributed by atoms with Gasteiger partial charge < -0.3 is 4.52 Å². The van der Waals surface area contributed by atoms with Gasteiger partial charge in [0, 0.05) is 24.0 Å². The molecule has 4 rings (SSSR count). The molecule has 6 nitrogen and oxygen atoms in total. The normalized spacial score (nSPS) is 10.9. The van der Waals surface area contributed by atoms with Gasteiger partial charge in [-0.25, -0.2) is 14.4 Å². The second-order valence-electron chi connectivity index (χ2n) is 5.11. The van der Waals surface area contributed by atoms with E-state index in [0.717, 1.165) is 0 Å². The van der Waals surface area contributed by atoms with E-state index in [1.807, 2.05) is 0 Å². The van der Waals surface area contributed by atoms with Crippen molar-refractivity contribution in [3.8, 4) is 23.0 Å². The lowest BCUT2D eigenvalue weighted by Crippen LogP contribution is -2.05. The fourth-order valence-electron chi connectivity index (χ4n) is 2.41. The first kappa shape index (κ1) is 14.3. The molecule has 4 aromatic rings. The molecule has 0 aliphatic carbocycles. The molecular weight excluding hydrogens is 309 g/mol. The van der Waals surface area contributed by atoms with Gasteiger partial charge in [0.05, 0.1) is 12.7 Å². The van der Waals surface area contributed by atoms with Gasteiger partial charge in [0.1, 0.15) is 17.2 Å². The molecule has 3 heterocycles. The molecule has 0 spiro atoms. The predicted octanol–water partition coefficient (Wildman–Crippen LogP) is 3.18. The van der Waals surface area contributed by atoms with Crippen molar-refractivity contribution in [1.82, 2.24) is 24.9 Å². The molecule has 3 aromatic heterocycles. The minimum atomic E-state index is -0.283. The Hall–Kier alpha value is -3.35. The first-order valence-corrected chi connectivity index (χ1v) is 7.31. The molecule has 7 heteroatoms. The Morgan fingerprint density at radius 3 is 2.58 bits per heavy atom. The van der Waals surface area contributed by atoms with E-state index in [-0.39, 0.29) is 12.4 Å². The third kappa shape index (κ3) is 2.67. The van der Waals surface area contributed by atoms with Crippen molar-refractivity contribution in [3.05, 3.63) is 72.4 Å². The van der Waals surface area contributed by atoms with Crippen LogP contribution in [0.3, 0.4) is 0 Å². The van der Waals surface area contributed by atoms with Crippen LogP contribution in [-0.2, 0) is 6.54 Å². The van der Waals surface area contributed by atoms with Gasteiger partial charge in [-0.05, 0) is 18.2 Å². The van der Waals surface area contributed by atoms with E-state index in [1.165, 1.54) is 6.07 Å². The van der Waals surface area contributed by atoms with E-state index < -0.39 is 0 Å². The Morgan fingerprint density at radius 1 is 1.00 bits per heavy atom. The monoisotopic (exact) mass is 321 g/mol. The maximum absolute atomic E-state index is 14.0. The van der Waals surface area contributed by atoms with Gasteiger partial charge in [-0.2, -0.15) is 5.10 Å². The summed E-state index contributed by atoms with van der Waals surface area (Å²) in [6.07, 6.45) is 4.84. The van der Waals surface area contributed by atoms with Crippen LogP contribution >= 0.6 is 0 Å². The summed E-state index contributed by atoms with van der Waals surface area (Å²) < 4.78 is 20.9. The number of hydrogen-bond acceptors (Lipinski definition) is 5. The number of rotatable bonds is 4. The zero-order valence-electron chi connectivity index (χ0n) is 12.5. The number of aromatic nitrogens is 5. The Bertz CT molecular complexity index is 950. The lowest BCUT2D eigenvalue weighted by atomic mass is 10.2. The van der Waals surface area contributed by atoms with Crippen LogP contribution in [0.4, 0.5) is 4.39 Å². The minimum Gasteiger partial charge on any atom is -0.355 e. The number of nitrogens with zero attached hydrogens (tertiary/aromatic N) is 5. The second kappa shape index (κ2) is 6.04. The van der Waals surface area contributed by atoms with Crippen molar-refractivity contribution in [1.29, 1.82) is 0 Å². The molecule has 0 aliphatic rings. The van der Waals surface area contributed by atoms with Crippen molar-refractivity contribution >= 4 is 0 Å². The minimum absolute atomic E-state index is 0.259. The summed E-state index contributed by atoms with van der Waals surface area (Å²) in [5.41, 5.74) is 1.79. The van der Waals surface area contributed by atoms with Crippen LogP contribution in [0.5, 0.6) is 0 Å². The Labute approximate surface area is 136 Å². The average molecular weight is 321 g/mol. The highest BCUT2D eigenvalue weighted by Gasteiger charge is 2.16. The summed E-state index contributed by atoms with van der Waals surface area (Å²) in [7, 11) is 0. The summed E-state index contributed by atoms with van der Waals surface area (Å²) in [6, 6.07) is 11.9. The lowest BCUT2D eigenvalue weighted by Gasteiger charge is -2.06. The van der Waals surface area contributed by atoms with E-state index in [4.69, 9.17) is 4.52 Å². The van der Waals surface area contributed by atoms with Gasteiger partial charge in [0.2, 0.25) is 0 Å². The van der Waals surface area contributed by atoms with Gasteiger partial charge >= 0.3 is 0 Å². The Morgan fingerprint density at radius 2 is 1.83 bits per heavy atom. The molecule has 0 fully saturated rings. The Balaban J connectivity index is 1.80. The van der Waals surface area contributed by atoms with E-state index >= 15 is 0 Å². The maximum Gasteiger partial charge on any atom is 0.184 e. The first-order valence-electron chi connectivity index (χ1n) is 7.31. The Kier molecular flexibility index (Phi) is 3.59. The molecule has 0 saturated carbocycles. The van der Waals surface area contributed by atoms with Crippen LogP contribution in [0.2, 0.25) is 0 Å². The van der Waals surface area contributed by atoms with Gasteiger partial charge in [0.25, 0.3) is 0 Å². The highest BCUT2D eigenvalue weighted by molar-refractivity contribution is 5.61. The molecule has 0 radical (unpaired) electrons. The fraction of sp³-hybridized carbons (Fsp3) is 0.0588. The third-order valence-electron chi connectivity index (χ3n) is 3.54. The molecule has 0 unspecified atom stereocenters. The number of halogens is 1. The molecular formula is C17H12FN5O. The average Bonchev–Trinajstić information content (AvgIpc) is 3.27. The van der Waals surface area contributed by atoms with Crippen molar-refractivity contribution in [2.45, 2.75) is 6.54 Å². The van der Waals surface area contributed by atoms with Crippen molar-refractivity contribution in [3.63, 3.8) is 0 Å². The van der Waals surface area contributed by atoms with Crippen LogP contribution in [0.1, 0.15) is 5.56 Å². The lowest BCUT2D eigenvalue weighted by molar-refractivity contribution is 0.428. The van der Waals surface area contributed by atoms with Crippen LogP contribution in [0, 0.1) is 5.82 Å². The first-order chi connectivity index (χ1) is 11.8. The van der Waals surface area contributed by atoms with Crippen LogP contribution < -0.4 is 0 Å². The van der Waals surface area contributed by atoms with E-state index in [1.54, 1.807) is 59.7 Å². The van der Waals surface area contributed by atoms with Gasteiger partial charge in [0.15, 0.2) is 11.6 Å². The standard InChI is InChI=1S/C17H12FN5O/c18-13-5-2-1-4-12(13)11-23-15(16-6-9-21-24-16)10-14(22-23)17-19-7-3-8-20-17/h1-10H,11H2. The zero-order valence-corrected chi connectivity index (χ0v) is 12.5. The quantitative estimate of drug-likeness (QED) is 0.577. The zero-order chi connectivity index (χ0) is 16.4. The topological polar surface area (TPSA) is 69.6 Å². The van der Waals surface area contributed by atoms with Crippen LogP contribution in [0.15, 0.2) is 65.6 Å². The number of benzene rings is 1. The van der Waals surface area contributed by atoms with Gasteiger partial charge in [-0.1, -0.05) is 23.4 Å². The maximum atomic E-state index is 14.0. The number of hydrogen-bond donors (Lipinski definition) is 0. The summed E-state index contributed by atoms with van der Waals surface area (Å²) in [4.78, 5) is 8.40. The summed E-state index contributed by atoms with van der Waals surface area (Å²) >= 11 is 0. The molecule has 1 aromatic carbocycles. The van der Waals surface area contributed by atoms with Gasteiger partial charge in [-0.15, -0.1) is 0 Å². The second-order valence-corrected chi connectivity index (χ2v) is 5.11. The molecule has 0 N–H and O–H groups in total. The third-order valence-corrected chi connectivity index (χ3v) is 3.54. The van der Waals surface area contributed by atoms with Crippen LogP contribution in [-0.4, -0.2) is 24.9 Å². The van der Waals surface area contributed by atoms with Crippen molar-refractivity contribution < 1.29 is 8.91 Å². The smallest absolute Gasteiger partial charge is 0.184 e. The highest BCUT2D eigenvalue weighted by atomic mass is 19.1. The predicted molar refractivity (Wildman–Crippen MR) is 84.3 cm³/mol. The summed E-state index contributed by atoms with van der Waals surface area (Å²) in [5, 5.41) is 8.23. The van der Waals surface area contributed by atoms with E-state index in [2.05, 4.69) is 20.2 Å². The van der Waals surface area contributed by atoms with Crippen molar-refractivity contribution in [2.75, 3.05) is 0 Å². The molecule has 0 atom stereocenters. The molecule has 118 valence electrons. The fourth-order valence-corrected chi connectivity index (χ4v) is 2.41. The summed E-state index contributed by atoms with van der Waals surface area (Å²) in [5.74, 6) is 0.751. The SMILES string of the molecule is Fc1ccccc1Cn1nc(-c2ncccn2)cc1-c1ccno1. The summed E-state index contributed by atoms with van der Waals surface area (Å²) in [6.45, 7) is 0.259. The van der Waals surface area contributed by atoms with Gasteiger partial charge in [-0.3, -0.25) is 4.68 Å². The molecule has 0 bridgehead atoms. The van der Waals surface area contributed by atoms with Crippen LogP contribution in [0.25, 0.3) is 23.0 Å². The molecule has 24 heavy (non-hydrogen) atoms. The molecule has 0 saturated heterocycles. The van der Waals surface area contributed by atoms with E-state index in [9.17, 15) is 4.39 Å². The molecule has 0 amide bonds. The largest absolute Gasteiger partial charge is 0.355 e. The van der Waals surface area contributed by atoms with Crippen molar-refractivity contribution in [2.24, 2.45) is 0 Å². The molecule has 0 aliphatic heterocycles. The van der Waals surface area contributed by atoms with E-state index in [0.29, 0.717) is 28.5 Å². The highest BCUT2D eigenvalue weighted by Crippen LogP contribution is 2.25.